The van der Waals surface area contributed by atoms with Crippen molar-refractivity contribution in [3.8, 4) is 0 Å². The zero-order valence-electron chi connectivity index (χ0n) is 11.3. The first-order chi connectivity index (χ1) is 9.13. The highest BCUT2D eigenvalue weighted by Crippen LogP contribution is 2.40. The van der Waals surface area contributed by atoms with E-state index in [1.807, 2.05) is 0 Å². The highest BCUT2D eigenvalue weighted by Gasteiger charge is 2.35. The van der Waals surface area contributed by atoms with E-state index < -0.39 is 11.2 Å². The molecule has 0 aromatic heterocycles. The molecule has 1 aliphatic rings. The lowest BCUT2D eigenvalue weighted by Crippen LogP contribution is -2.38. The molecule has 0 unspecified atom stereocenters. The summed E-state index contributed by atoms with van der Waals surface area (Å²) in [5.41, 5.74) is 6.17. The van der Waals surface area contributed by atoms with Crippen molar-refractivity contribution in [2.45, 2.75) is 44.1 Å². The van der Waals surface area contributed by atoms with Crippen LogP contribution in [0, 0.1) is 11.6 Å². The van der Waals surface area contributed by atoms with Crippen LogP contribution in [0.2, 0.25) is 0 Å². The molecule has 4 heteroatoms. The van der Waals surface area contributed by atoms with Crippen molar-refractivity contribution in [3.05, 3.63) is 34.9 Å². The summed E-state index contributed by atoms with van der Waals surface area (Å²) in [5, 5.41) is 0. The van der Waals surface area contributed by atoms with E-state index >= 15 is 0 Å². The van der Waals surface area contributed by atoms with Gasteiger partial charge in [-0.3, -0.25) is 0 Å². The van der Waals surface area contributed by atoms with Crippen LogP contribution in [0.4, 0.5) is 8.78 Å². The number of halogens is 2. The van der Waals surface area contributed by atoms with Crippen LogP contribution in [0.1, 0.15) is 43.2 Å². The molecule has 0 heterocycles. The van der Waals surface area contributed by atoms with E-state index in [9.17, 15) is 8.78 Å². The van der Waals surface area contributed by atoms with Gasteiger partial charge in [-0.1, -0.05) is 19.3 Å². The van der Waals surface area contributed by atoms with Gasteiger partial charge in [0.25, 0.3) is 0 Å². The third-order valence-electron chi connectivity index (χ3n) is 4.21. The second-order valence-electron chi connectivity index (χ2n) is 5.40. The van der Waals surface area contributed by atoms with Gasteiger partial charge in [0, 0.05) is 24.6 Å². The summed E-state index contributed by atoms with van der Waals surface area (Å²) in [6.07, 6.45) is 4.87. The Hall–Kier alpha value is -1.00. The fourth-order valence-corrected chi connectivity index (χ4v) is 3.07. The van der Waals surface area contributed by atoms with Gasteiger partial charge >= 0.3 is 0 Å². The monoisotopic (exact) mass is 269 g/mol. The third-order valence-corrected chi connectivity index (χ3v) is 4.21. The predicted octanol–water partition coefficient (Wildman–Crippen LogP) is 3.27. The molecule has 0 radical (unpaired) electrons. The molecule has 1 saturated carbocycles. The molecule has 1 aromatic rings. The molecular formula is C15H21F2NO. The maximum atomic E-state index is 14.3. The van der Waals surface area contributed by atoms with Crippen molar-refractivity contribution in [3.63, 3.8) is 0 Å². The quantitative estimate of drug-likeness (QED) is 0.910. The van der Waals surface area contributed by atoms with E-state index in [2.05, 4.69) is 0 Å². The summed E-state index contributed by atoms with van der Waals surface area (Å²) >= 11 is 0. The minimum atomic E-state index is -0.406. The molecular weight excluding hydrogens is 248 g/mol. The summed E-state index contributed by atoms with van der Waals surface area (Å²) < 4.78 is 33.2. The molecule has 2 nitrogen and oxygen atoms in total. The second kappa shape index (κ2) is 5.97. The van der Waals surface area contributed by atoms with E-state index in [0.29, 0.717) is 12.1 Å². The standard InChI is InChI=1S/C15H21F2NO/c1-19-9-11-7-14(17)12(8-13(11)16)15(10-18)5-3-2-4-6-15/h7-8H,2-6,9-10,18H2,1H3. The summed E-state index contributed by atoms with van der Waals surface area (Å²) in [7, 11) is 1.47. The Morgan fingerprint density at radius 1 is 1.16 bits per heavy atom. The minimum absolute atomic E-state index is 0.0820. The van der Waals surface area contributed by atoms with E-state index in [1.54, 1.807) is 0 Å². The van der Waals surface area contributed by atoms with Gasteiger partial charge in [-0.2, -0.15) is 0 Å². The Morgan fingerprint density at radius 3 is 2.42 bits per heavy atom. The summed E-state index contributed by atoms with van der Waals surface area (Å²) in [5.74, 6) is -0.766. The average molecular weight is 269 g/mol. The Bertz CT molecular complexity index is 442. The van der Waals surface area contributed by atoms with E-state index in [0.717, 1.165) is 32.1 Å². The first-order valence-corrected chi connectivity index (χ1v) is 6.80. The Morgan fingerprint density at radius 2 is 1.84 bits per heavy atom. The van der Waals surface area contributed by atoms with Crippen LogP contribution in [0.25, 0.3) is 0 Å². The maximum Gasteiger partial charge on any atom is 0.129 e. The molecule has 2 rings (SSSR count). The van der Waals surface area contributed by atoms with Gasteiger partial charge in [-0.05, 0) is 30.5 Å². The zero-order valence-corrected chi connectivity index (χ0v) is 11.3. The molecule has 0 amide bonds. The molecule has 0 saturated heterocycles. The van der Waals surface area contributed by atoms with Crippen LogP contribution in [0.5, 0.6) is 0 Å². The number of methoxy groups -OCH3 is 1. The number of hydrogen-bond donors (Lipinski definition) is 1. The lowest BCUT2D eigenvalue weighted by molar-refractivity contribution is 0.180. The third kappa shape index (κ3) is 2.79. The molecule has 1 aromatic carbocycles. The largest absolute Gasteiger partial charge is 0.380 e. The molecule has 1 aliphatic carbocycles. The normalized spacial score (nSPS) is 18.5. The fraction of sp³-hybridized carbons (Fsp3) is 0.600. The van der Waals surface area contributed by atoms with Gasteiger partial charge in [0.2, 0.25) is 0 Å². The highest BCUT2D eigenvalue weighted by molar-refractivity contribution is 5.33. The number of ether oxygens (including phenoxy) is 1. The number of benzene rings is 1. The SMILES string of the molecule is COCc1cc(F)c(C2(CN)CCCCC2)cc1F. The lowest BCUT2D eigenvalue weighted by Gasteiger charge is -2.37. The first kappa shape index (κ1) is 14.4. The Labute approximate surface area is 112 Å². The van der Waals surface area contributed by atoms with Gasteiger partial charge in [-0.15, -0.1) is 0 Å². The predicted molar refractivity (Wildman–Crippen MR) is 70.9 cm³/mol. The summed E-state index contributed by atoms with van der Waals surface area (Å²) in [6.45, 7) is 0.450. The molecule has 0 atom stereocenters. The van der Waals surface area contributed by atoms with Crippen LogP contribution in [-0.4, -0.2) is 13.7 Å². The molecule has 0 bridgehead atoms. The van der Waals surface area contributed by atoms with Crippen LogP contribution < -0.4 is 5.73 Å². The smallest absolute Gasteiger partial charge is 0.129 e. The minimum Gasteiger partial charge on any atom is -0.380 e. The Balaban J connectivity index is 2.40. The number of rotatable bonds is 4. The van der Waals surface area contributed by atoms with Crippen molar-refractivity contribution >= 4 is 0 Å². The van der Waals surface area contributed by atoms with Gasteiger partial charge in [0.15, 0.2) is 0 Å². The highest BCUT2D eigenvalue weighted by atomic mass is 19.1. The van der Waals surface area contributed by atoms with Crippen LogP contribution in [0.15, 0.2) is 12.1 Å². The van der Waals surface area contributed by atoms with E-state index in [1.165, 1.54) is 19.2 Å². The second-order valence-corrected chi connectivity index (χ2v) is 5.40. The maximum absolute atomic E-state index is 14.3. The van der Waals surface area contributed by atoms with Crippen LogP contribution in [-0.2, 0) is 16.8 Å². The molecule has 1 fully saturated rings. The van der Waals surface area contributed by atoms with E-state index in [-0.39, 0.29) is 18.0 Å². The van der Waals surface area contributed by atoms with Gasteiger partial charge < -0.3 is 10.5 Å². The Kier molecular flexibility index (Phi) is 4.53. The first-order valence-electron chi connectivity index (χ1n) is 6.80. The van der Waals surface area contributed by atoms with Gasteiger partial charge in [0.05, 0.1) is 6.61 Å². The van der Waals surface area contributed by atoms with Gasteiger partial charge in [-0.25, -0.2) is 8.78 Å². The molecule has 106 valence electrons. The number of nitrogens with two attached hydrogens (primary N) is 1. The number of hydrogen-bond acceptors (Lipinski definition) is 2. The van der Waals surface area contributed by atoms with Crippen LogP contribution >= 0.6 is 0 Å². The van der Waals surface area contributed by atoms with E-state index in [4.69, 9.17) is 10.5 Å². The van der Waals surface area contributed by atoms with Crippen molar-refractivity contribution in [2.24, 2.45) is 5.73 Å². The van der Waals surface area contributed by atoms with Crippen molar-refractivity contribution in [2.75, 3.05) is 13.7 Å². The molecule has 2 N–H and O–H groups in total. The van der Waals surface area contributed by atoms with Crippen molar-refractivity contribution in [1.82, 2.24) is 0 Å². The topological polar surface area (TPSA) is 35.2 Å². The fourth-order valence-electron chi connectivity index (χ4n) is 3.07. The van der Waals surface area contributed by atoms with Crippen molar-refractivity contribution < 1.29 is 13.5 Å². The zero-order chi connectivity index (χ0) is 13.9. The average Bonchev–Trinajstić information content (AvgIpc) is 2.43. The molecule has 0 spiro atoms. The van der Waals surface area contributed by atoms with Crippen LogP contribution in [0.3, 0.4) is 0 Å². The lowest BCUT2D eigenvalue weighted by atomic mass is 9.69. The summed E-state index contributed by atoms with van der Waals surface area (Å²) in [6, 6.07) is 2.57. The molecule has 0 aliphatic heterocycles. The van der Waals surface area contributed by atoms with Gasteiger partial charge in [0.1, 0.15) is 11.6 Å². The summed E-state index contributed by atoms with van der Waals surface area (Å²) in [4.78, 5) is 0. The molecule has 19 heavy (non-hydrogen) atoms. The van der Waals surface area contributed by atoms with Crippen molar-refractivity contribution in [1.29, 1.82) is 0 Å².